The number of aliphatic hydroxyl groups excluding tert-OH is 2. The Hall–Kier alpha value is -1.46. The van der Waals surface area contributed by atoms with E-state index in [2.05, 4.69) is 4.98 Å². The smallest absolute Gasteiger partial charge is 0.337 e. The minimum atomic E-state index is -0.942. The molecule has 0 saturated heterocycles. The van der Waals surface area contributed by atoms with Crippen molar-refractivity contribution in [3.05, 3.63) is 30.1 Å². The highest BCUT2D eigenvalue weighted by Crippen LogP contribution is 1.92. The van der Waals surface area contributed by atoms with Gasteiger partial charge in [-0.25, -0.2) is 4.79 Å². The monoisotopic (exact) mass is 199 g/mol. The second-order valence-electron chi connectivity index (χ2n) is 2.58. The summed E-state index contributed by atoms with van der Waals surface area (Å²) < 4.78 is 0. The average Bonchev–Trinajstić information content (AvgIpc) is 2.20. The maximum Gasteiger partial charge on any atom is 0.337 e. The van der Waals surface area contributed by atoms with Gasteiger partial charge in [0.25, 0.3) is 0 Å². The van der Waals surface area contributed by atoms with Crippen LogP contribution in [0, 0.1) is 0 Å². The number of rotatable bonds is 2. The quantitative estimate of drug-likeness (QED) is 0.630. The molecule has 1 atom stereocenters. The molecule has 1 rings (SSSR count). The fourth-order valence-corrected chi connectivity index (χ4v) is 0.489. The second-order valence-corrected chi connectivity index (χ2v) is 2.58. The molecular formula is C9H13NO4. The molecule has 5 nitrogen and oxygen atoms in total. The fourth-order valence-electron chi connectivity index (χ4n) is 0.489. The van der Waals surface area contributed by atoms with Crippen LogP contribution in [0.4, 0.5) is 0 Å². The highest BCUT2D eigenvalue weighted by atomic mass is 16.4. The van der Waals surface area contributed by atoms with Crippen molar-refractivity contribution in [2.45, 2.75) is 13.0 Å². The molecule has 14 heavy (non-hydrogen) atoms. The number of pyridine rings is 1. The van der Waals surface area contributed by atoms with Crippen LogP contribution in [0.3, 0.4) is 0 Å². The number of carbonyl (C=O) groups is 1. The maximum atomic E-state index is 10.2. The Kier molecular flexibility index (Phi) is 6.26. The van der Waals surface area contributed by atoms with Crippen LogP contribution >= 0.6 is 0 Å². The maximum absolute atomic E-state index is 10.2. The Labute approximate surface area is 81.7 Å². The summed E-state index contributed by atoms with van der Waals surface area (Å²) in [7, 11) is 0. The Morgan fingerprint density at radius 3 is 2.43 bits per heavy atom. The number of hydrogen-bond acceptors (Lipinski definition) is 4. The summed E-state index contributed by atoms with van der Waals surface area (Å²) in [5.74, 6) is -0.942. The average molecular weight is 199 g/mol. The van der Waals surface area contributed by atoms with Crippen molar-refractivity contribution in [1.82, 2.24) is 4.98 Å². The lowest BCUT2D eigenvalue weighted by molar-refractivity contribution is 0.0696. The van der Waals surface area contributed by atoms with Gasteiger partial charge in [0.1, 0.15) is 0 Å². The molecule has 1 unspecified atom stereocenters. The van der Waals surface area contributed by atoms with E-state index in [9.17, 15) is 4.79 Å². The minimum Gasteiger partial charge on any atom is -0.478 e. The lowest BCUT2D eigenvalue weighted by Crippen LogP contribution is -2.03. The molecule has 0 aliphatic rings. The van der Waals surface area contributed by atoms with Gasteiger partial charge < -0.3 is 15.3 Å². The first-order chi connectivity index (χ1) is 6.57. The van der Waals surface area contributed by atoms with Gasteiger partial charge in [-0.1, -0.05) is 0 Å². The predicted octanol–water partition coefficient (Wildman–Crippen LogP) is 0.139. The molecule has 0 radical (unpaired) electrons. The normalized spacial score (nSPS) is 11.1. The number of nitrogens with zero attached hydrogens (tertiary/aromatic N) is 1. The van der Waals surface area contributed by atoms with Crippen molar-refractivity contribution in [3.63, 3.8) is 0 Å². The minimum absolute atomic E-state index is 0.139. The van der Waals surface area contributed by atoms with Crippen LogP contribution < -0.4 is 0 Å². The predicted molar refractivity (Wildman–Crippen MR) is 50.0 cm³/mol. The molecule has 0 bridgehead atoms. The Morgan fingerprint density at radius 1 is 1.64 bits per heavy atom. The molecule has 0 fully saturated rings. The molecule has 0 amide bonds. The van der Waals surface area contributed by atoms with Gasteiger partial charge in [-0.2, -0.15) is 0 Å². The molecule has 1 aromatic rings. The standard InChI is InChI=1S/C6H5NO2.C3H8O2/c8-6(9)5-2-1-3-7-4-5;1-3(5)2-4/h1-4H,(H,8,9);3-5H,2H2,1H3. The highest BCUT2D eigenvalue weighted by molar-refractivity contribution is 5.86. The van der Waals surface area contributed by atoms with E-state index in [0.29, 0.717) is 0 Å². The van der Waals surface area contributed by atoms with Crippen LogP contribution in [0.5, 0.6) is 0 Å². The van der Waals surface area contributed by atoms with Crippen LogP contribution in [0.2, 0.25) is 0 Å². The van der Waals surface area contributed by atoms with Crippen molar-refractivity contribution >= 4 is 5.97 Å². The molecule has 3 N–H and O–H groups in total. The van der Waals surface area contributed by atoms with Gasteiger partial charge in [0, 0.05) is 12.4 Å². The summed E-state index contributed by atoms with van der Waals surface area (Å²) in [5.41, 5.74) is 0.220. The zero-order chi connectivity index (χ0) is 11.0. The van der Waals surface area contributed by atoms with Crippen molar-refractivity contribution in [1.29, 1.82) is 0 Å². The zero-order valence-electron chi connectivity index (χ0n) is 7.79. The third-order valence-corrected chi connectivity index (χ3v) is 1.17. The number of aliphatic hydroxyl groups is 2. The van der Waals surface area contributed by atoms with E-state index in [-0.39, 0.29) is 12.2 Å². The van der Waals surface area contributed by atoms with Crippen LogP contribution in [0.15, 0.2) is 24.5 Å². The van der Waals surface area contributed by atoms with Crippen LogP contribution in [0.25, 0.3) is 0 Å². The van der Waals surface area contributed by atoms with E-state index < -0.39 is 12.1 Å². The SMILES string of the molecule is CC(O)CO.O=C(O)c1cccnc1. The van der Waals surface area contributed by atoms with Gasteiger partial charge >= 0.3 is 5.97 Å². The molecule has 0 saturated carbocycles. The molecule has 0 aromatic carbocycles. The topological polar surface area (TPSA) is 90.7 Å². The van der Waals surface area contributed by atoms with Crippen LogP contribution in [-0.2, 0) is 0 Å². The van der Waals surface area contributed by atoms with Crippen molar-refractivity contribution in [2.24, 2.45) is 0 Å². The van der Waals surface area contributed by atoms with Crippen molar-refractivity contribution in [2.75, 3.05) is 6.61 Å². The number of aromatic carboxylic acids is 1. The number of aromatic nitrogens is 1. The molecule has 78 valence electrons. The molecule has 0 aliphatic heterocycles. The first-order valence-corrected chi connectivity index (χ1v) is 4.00. The van der Waals surface area contributed by atoms with Crippen LogP contribution in [-0.4, -0.2) is 39.0 Å². The lowest BCUT2D eigenvalue weighted by atomic mass is 10.3. The van der Waals surface area contributed by atoms with Gasteiger partial charge in [-0.05, 0) is 19.1 Å². The third kappa shape index (κ3) is 6.10. The van der Waals surface area contributed by atoms with Gasteiger partial charge in [-0.3, -0.25) is 4.98 Å². The van der Waals surface area contributed by atoms with Gasteiger partial charge in [0.2, 0.25) is 0 Å². The summed E-state index contributed by atoms with van der Waals surface area (Å²) in [6.45, 7) is 1.39. The van der Waals surface area contributed by atoms with E-state index in [1.54, 1.807) is 6.07 Å². The fraction of sp³-hybridized carbons (Fsp3) is 0.333. The third-order valence-electron chi connectivity index (χ3n) is 1.17. The first kappa shape index (κ1) is 12.5. The largest absolute Gasteiger partial charge is 0.478 e. The number of carboxylic acid groups (broad SMARTS) is 1. The van der Waals surface area contributed by atoms with E-state index >= 15 is 0 Å². The highest BCUT2D eigenvalue weighted by Gasteiger charge is 1.97. The van der Waals surface area contributed by atoms with E-state index in [1.165, 1.54) is 25.4 Å². The zero-order valence-corrected chi connectivity index (χ0v) is 7.79. The van der Waals surface area contributed by atoms with E-state index in [4.69, 9.17) is 15.3 Å². The summed E-state index contributed by atoms with van der Waals surface area (Å²) in [5, 5.41) is 24.3. The summed E-state index contributed by atoms with van der Waals surface area (Å²) in [4.78, 5) is 13.8. The first-order valence-electron chi connectivity index (χ1n) is 4.00. The van der Waals surface area contributed by atoms with Gasteiger partial charge in [0.15, 0.2) is 0 Å². The molecule has 1 heterocycles. The molecule has 0 aliphatic carbocycles. The Bertz CT molecular complexity index is 261. The Balaban J connectivity index is 0.000000292. The Morgan fingerprint density at radius 2 is 2.21 bits per heavy atom. The summed E-state index contributed by atoms with van der Waals surface area (Å²) in [6.07, 6.45) is 2.28. The summed E-state index contributed by atoms with van der Waals surface area (Å²) >= 11 is 0. The lowest BCUT2D eigenvalue weighted by Gasteiger charge is -1.90. The summed E-state index contributed by atoms with van der Waals surface area (Å²) in [6, 6.07) is 3.08. The molecule has 0 spiro atoms. The number of carboxylic acids is 1. The molecule has 5 heteroatoms. The van der Waals surface area contributed by atoms with Crippen molar-refractivity contribution < 1.29 is 20.1 Å². The molecular weight excluding hydrogens is 186 g/mol. The molecule has 1 aromatic heterocycles. The van der Waals surface area contributed by atoms with E-state index in [0.717, 1.165) is 0 Å². The van der Waals surface area contributed by atoms with Crippen LogP contribution in [0.1, 0.15) is 17.3 Å². The van der Waals surface area contributed by atoms with Crippen molar-refractivity contribution in [3.8, 4) is 0 Å². The van der Waals surface area contributed by atoms with Gasteiger partial charge in [-0.15, -0.1) is 0 Å². The second kappa shape index (κ2) is 6.99. The number of hydrogen-bond donors (Lipinski definition) is 3. The van der Waals surface area contributed by atoms with E-state index in [1.807, 2.05) is 0 Å². The van der Waals surface area contributed by atoms with Gasteiger partial charge in [0.05, 0.1) is 18.3 Å².